The van der Waals surface area contributed by atoms with E-state index in [0.29, 0.717) is 17.7 Å². The van der Waals surface area contributed by atoms with Crippen LogP contribution < -0.4 is 5.32 Å². The molecule has 0 atom stereocenters. The molecular formula is C24H22N2O3. The number of carbonyl (C=O) groups excluding carboxylic acids is 2. The van der Waals surface area contributed by atoms with Gasteiger partial charge in [0.1, 0.15) is 0 Å². The summed E-state index contributed by atoms with van der Waals surface area (Å²) < 4.78 is 7.16. The first-order valence-electron chi connectivity index (χ1n) is 9.58. The molecule has 0 saturated heterocycles. The number of amides is 1. The maximum atomic E-state index is 12.4. The molecule has 0 bridgehead atoms. The summed E-state index contributed by atoms with van der Waals surface area (Å²) in [5, 5.41) is 2.91. The summed E-state index contributed by atoms with van der Waals surface area (Å²) in [6, 6.07) is 17.1. The Balaban J connectivity index is 1.71. The molecule has 1 aliphatic rings. The molecule has 0 unspecified atom stereocenters. The molecule has 2 heterocycles. The van der Waals surface area contributed by atoms with Gasteiger partial charge in [-0.2, -0.15) is 0 Å². The SMILES string of the molecule is CCOC(=O)c1ccc(-n2c(C)cc(C=C3C(=O)Nc4ccccc43)c2C)cc1. The average molecular weight is 386 g/mol. The minimum Gasteiger partial charge on any atom is -0.462 e. The highest BCUT2D eigenvalue weighted by atomic mass is 16.5. The summed E-state index contributed by atoms with van der Waals surface area (Å²) in [5.41, 5.74) is 6.96. The lowest BCUT2D eigenvalue weighted by Gasteiger charge is -2.10. The van der Waals surface area contributed by atoms with E-state index in [1.807, 2.05) is 56.3 Å². The standard InChI is InChI=1S/C24H22N2O3/c1-4-29-24(28)17-9-11-19(12-10-17)26-15(2)13-18(16(26)3)14-21-20-7-5-6-8-22(20)25-23(21)27/h5-14H,4H2,1-3H3,(H,25,27). The van der Waals surface area contributed by atoms with Crippen LogP contribution in [0, 0.1) is 13.8 Å². The van der Waals surface area contributed by atoms with Gasteiger partial charge in [0.25, 0.3) is 5.91 Å². The van der Waals surface area contributed by atoms with Crippen LogP contribution in [0.25, 0.3) is 17.3 Å². The summed E-state index contributed by atoms with van der Waals surface area (Å²) in [6.07, 6.45) is 1.94. The number of carbonyl (C=O) groups is 2. The van der Waals surface area contributed by atoms with E-state index in [1.165, 1.54) is 0 Å². The Morgan fingerprint density at radius 3 is 2.55 bits per heavy atom. The second-order valence-electron chi connectivity index (χ2n) is 6.99. The Kier molecular flexibility index (Phi) is 4.80. The summed E-state index contributed by atoms with van der Waals surface area (Å²) in [6.45, 7) is 6.19. The molecular weight excluding hydrogens is 364 g/mol. The van der Waals surface area contributed by atoms with Crippen molar-refractivity contribution in [2.45, 2.75) is 20.8 Å². The van der Waals surface area contributed by atoms with Gasteiger partial charge in [-0.15, -0.1) is 0 Å². The molecule has 0 fully saturated rings. The molecule has 1 aliphatic heterocycles. The van der Waals surface area contributed by atoms with Crippen LogP contribution >= 0.6 is 0 Å². The molecule has 3 aromatic rings. The van der Waals surface area contributed by atoms with Crippen molar-refractivity contribution in [3.05, 3.63) is 82.7 Å². The van der Waals surface area contributed by atoms with Crippen molar-refractivity contribution in [3.8, 4) is 5.69 Å². The molecule has 0 aliphatic carbocycles. The number of aromatic nitrogens is 1. The van der Waals surface area contributed by atoms with Crippen LogP contribution in [0.2, 0.25) is 0 Å². The third-order valence-corrected chi connectivity index (χ3v) is 5.12. The molecule has 2 aromatic carbocycles. The predicted octanol–water partition coefficient (Wildman–Crippen LogP) is 4.76. The van der Waals surface area contributed by atoms with Crippen LogP contribution in [0.5, 0.6) is 0 Å². The number of hydrogen-bond donors (Lipinski definition) is 1. The zero-order valence-electron chi connectivity index (χ0n) is 16.7. The number of hydrogen-bond acceptors (Lipinski definition) is 3. The van der Waals surface area contributed by atoms with Crippen molar-refractivity contribution in [1.82, 2.24) is 4.57 Å². The number of nitrogens with one attached hydrogen (secondary N) is 1. The summed E-state index contributed by atoms with van der Waals surface area (Å²) in [7, 11) is 0. The minimum atomic E-state index is -0.323. The molecule has 5 heteroatoms. The molecule has 1 amide bonds. The van der Waals surface area contributed by atoms with E-state index in [-0.39, 0.29) is 11.9 Å². The van der Waals surface area contributed by atoms with Crippen LogP contribution in [-0.2, 0) is 9.53 Å². The monoisotopic (exact) mass is 386 g/mol. The smallest absolute Gasteiger partial charge is 0.338 e. The zero-order chi connectivity index (χ0) is 20.5. The maximum absolute atomic E-state index is 12.4. The fourth-order valence-corrected chi connectivity index (χ4v) is 3.73. The lowest BCUT2D eigenvalue weighted by molar-refractivity contribution is -0.110. The van der Waals surface area contributed by atoms with Gasteiger partial charge in [0.05, 0.1) is 12.2 Å². The molecule has 29 heavy (non-hydrogen) atoms. The van der Waals surface area contributed by atoms with Crippen molar-refractivity contribution >= 4 is 29.2 Å². The van der Waals surface area contributed by atoms with E-state index in [9.17, 15) is 9.59 Å². The number of aryl methyl sites for hydroxylation is 1. The van der Waals surface area contributed by atoms with Crippen LogP contribution in [-0.4, -0.2) is 23.1 Å². The van der Waals surface area contributed by atoms with E-state index in [1.54, 1.807) is 19.1 Å². The number of fused-ring (bicyclic) bond motifs is 1. The Hall–Kier alpha value is -3.60. The normalized spacial score (nSPS) is 14.0. The Morgan fingerprint density at radius 1 is 1.10 bits per heavy atom. The summed E-state index contributed by atoms with van der Waals surface area (Å²) >= 11 is 0. The largest absolute Gasteiger partial charge is 0.462 e. The first-order chi connectivity index (χ1) is 14.0. The van der Waals surface area contributed by atoms with Gasteiger partial charge in [0.15, 0.2) is 0 Å². The number of anilines is 1. The van der Waals surface area contributed by atoms with Crippen LogP contribution in [0.15, 0.2) is 54.6 Å². The fourth-order valence-electron chi connectivity index (χ4n) is 3.73. The zero-order valence-corrected chi connectivity index (χ0v) is 16.7. The van der Waals surface area contributed by atoms with E-state index in [4.69, 9.17) is 4.74 Å². The molecule has 0 saturated carbocycles. The highest BCUT2D eigenvalue weighted by molar-refractivity contribution is 6.34. The minimum absolute atomic E-state index is 0.0882. The second kappa shape index (κ2) is 7.43. The van der Waals surface area contributed by atoms with Gasteiger partial charge in [-0.1, -0.05) is 18.2 Å². The molecule has 1 N–H and O–H groups in total. The van der Waals surface area contributed by atoms with Gasteiger partial charge in [-0.25, -0.2) is 4.79 Å². The number of benzene rings is 2. The predicted molar refractivity (Wildman–Crippen MR) is 114 cm³/mol. The van der Waals surface area contributed by atoms with Gasteiger partial charge >= 0.3 is 5.97 Å². The molecule has 1 aromatic heterocycles. The Bertz CT molecular complexity index is 1140. The average Bonchev–Trinajstić information content (AvgIpc) is 3.18. The second-order valence-corrected chi connectivity index (χ2v) is 6.99. The van der Waals surface area contributed by atoms with Crippen LogP contribution in [0.4, 0.5) is 5.69 Å². The summed E-state index contributed by atoms with van der Waals surface area (Å²) in [4.78, 5) is 24.3. The lowest BCUT2D eigenvalue weighted by Crippen LogP contribution is -2.05. The van der Waals surface area contributed by atoms with Crippen molar-refractivity contribution < 1.29 is 14.3 Å². The maximum Gasteiger partial charge on any atom is 0.338 e. The fraction of sp³-hybridized carbons (Fsp3) is 0.167. The molecule has 4 rings (SSSR count). The first-order valence-corrected chi connectivity index (χ1v) is 9.58. The Labute approximate surface area is 169 Å². The van der Waals surface area contributed by atoms with E-state index in [2.05, 4.69) is 16.0 Å². The van der Waals surface area contributed by atoms with E-state index >= 15 is 0 Å². The molecule has 0 spiro atoms. The van der Waals surface area contributed by atoms with E-state index < -0.39 is 0 Å². The number of rotatable bonds is 4. The number of ether oxygens (including phenoxy) is 1. The lowest BCUT2D eigenvalue weighted by atomic mass is 10.0. The highest BCUT2D eigenvalue weighted by Gasteiger charge is 2.24. The highest BCUT2D eigenvalue weighted by Crippen LogP contribution is 2.34. The topological polar surface area (TPSA) is 60.3 Å². The quantitative estimate of drug-likeness (QED) is 0.519. The number of esters is 1. The third-order valence-electron chi connectivity index (χ3n) is 5.12. The Morgan fingerprint density at radius 2 is 1.83 bits per heavy atom. The van der Waals surface area contributed by atoms with Gasteiger partial charge in [-0.05, 0) is 68.8 Å². The van der Waals surface area contributed by atoms with Gasteiger partial charge < -0.3 is 14.6 Å². The van der Waals surface area contributed by atoms with Crippen molar-refractivity contribution in [3.63, 3.8) is 0 Å². The van der Waals surface area contributed by atoms with Gasteiger partial charge in [-0.3, -0.25) is 4.79 Å². The van der Waals surface area contributed by atoms with Crippen LogP contribution in [0.1, 0.15) is 39.8 Å². The van der Waals surface area contributed by atoms with Crippen molar-refractivity contribution in [2.24, 2.45) is 0 Å². The molecule has 5 nitrogen and oxygen atoms in total. The first kappa shape index (κ1) is 18.7. The van der Waals surface area contributed by atoms with E-state index in [0.717, 1.165) is 33.9 Å². The molecule has 146 valence electrons. The van der Waals surface area contributed by atoms with Crippen LogP contribution in [0.3, 0.4) is 0 Å². The van der Waals surface area contributed by atoms with Gasteiger partial charge in [0.2, 0.25) is 0 Å². The number of nitrogens with zero attached hydrogens (tertiary/aromatic N) is 1. The number of para-hydroxylation sites is 1. The summed E-state index contributed by atoms with van der Waals surface area (Å²) in [5.74, 6) is -0.411. The third kappa shape index (κ3) is 3.36. The molecule has 0 radical (unpaired) electrons. The van der Waals surface area contributed by atoms with Gasteiger partial charge in [0, 0.05) is 33.9 Å². The van der Waals surface area contributed by atoms with Crippen molar-refractivity contribution in [1.29, 1.82) is 0 Å². The van der Waals surface area contributed by atoms with Crippen molar-refractivity contribution in [2.75, 3.05) is 11.9 Å².